The second-order valence-electron chi connectivity index (χ2n) is 8.35. The van der Waals surface area contributed by atoms with Crippen LogP contribution in [0.3, 0.4) is 0 Å². The van der Waals surface area contributed by atoms with Gasteiger partial charge in [0.2, 0.25) is 0 Å². The van der Waals surface area contributed by atoms with Gasteiger partial charge < -0.3 is 25.8 Å². The number of H-pyrrole nitrogens is 1. The highest BCUT2D eigenvalue weighted by molar-refractivity contribution is 9.10. The fraction of sp³-hybridized carbons (Fsp3) is 0.154. The lowest BCUT2D eigenvalue weighted by atomic mass is 9.96. The van der Waals surface area contributed by atoms with Crippen molar-refractivity contribution in [1.82, 2.24) is 9.88 Å². The molecule has 0 amide bonds. The molecule has 1 aromatic heterocycles. The first-order chi connectivity index (χ1) is 16.2. The number of nitrogen functional groups attached to an aromatic ring is 1. The van der Waals surface area contributed by atoms with Gasteiger partial charge in [0, 0.05) is 27.7 Å². The molecular weight excluding hydrogens is 496 g/mol. The number of halogens is 1. The molecular formula is C26H25BrN4O3. The van der Waals surface area contributed by atoms with Crippen LogP contribution in [-0.2, 0) is 17.8 Å². The van der Waals surface area contributed by atoms with Crippen molar-refractivity contribution in [1.29, 1.82) is 0 Å². The fourth-order valence-electron chi connectivity index (χ4n) is 3.95. The number of carboxylic acid groups (broad SMARTS) is 1. The summed E-state index contributed by atoms with van der Waals surface area (Å²) in [5.74, 6) is -1.02. The lowest BCUT2D eigenvalue weighted by molar-refractivity contribution is -0.136. The van der Waals surface area contributed by atoms with E-state index in [1.807, 2.05) is 56.6 Å². The number of aromatic amines is 1. The molecule has 4 aromatic rings. The Hall–Kier alpha value is -3.62. The van der Waals surface area contributed by atoms with Gasteiger partial charge in [0.1, 0.15) is 0 Å². The zero-order chi connectivity index (χ0) is 24.4. The number of benzene rings is 3. The van der Waals surface area contributed by atoms with E-state index in [0.29, 0.717) is 33.8 Å². The molecule has 0 aliphatic rings. The zero-order valence-corrected chi connectivity index (χ0v) is 20.4. The van der Waals surface area contributed by atoms with E-state index in [-0.39, 0.29) is 12.3 Å². The molecule has 0 aliphatic heterocycles. The number of rotatable bonds is 7. The van der Waals surface area contributed by atoms with Crippen molar-refractivity contribution in [2.24, 2.45) is 4.99 Å². The molecule has 0 aliphatic carbocycles. The monoisotopic (exact) mass is 520 g/mol. The smallest absolute Gasteiger partial charge is 0.307 e. The average Bonchev–Trinajstić information content (AvgIpc) is 3.09. The molecule has 0 bridgehead atoms. The third-order valence-electron chi connectivity index (χ3n) is 5.45. The first kappa shape index (κ1) is 23.5. The minimum atomic E-state index is -0.974. The Morgan fingerprint density at radius 2 is 1.85 bits per heavy atom. The summed E-state index contributed by atoms with van der Waals surface area (Å²) in [5, 5.41) is 21.0. The van der Waals surface area contributed by atoms with Gasteiger partial charge in [-0.1, -0.05) is 52.3 Å². The predicted octanol–water partition coefficient (Wildman–Crippen LogP) is 5.08. The van der Waals surface area contributed by atoms with Crippen molar-refractivity contribution in [3.63, 3.8) is 0 Å². The minimum Gasteiger partial charge on any atom is -0.494 e. The van der Waals surface area contributed by atoms with Gasteiger partial charge in [-0.3, -0.25) is 4.79 Å². The SMILES string of the molecule is CN(C)Cc1ccc(N=C(c2cccc(CC(=O)O)c2N)c2c(O)[nH]c3cc(Br)ccc23)cc1. The number of hydrogen-bond donors (Lipinski definition) is 4. The Morgan fingerprint density at radius 1 is 1.12 bits per heavy atom. The summed E-state index contributed by atoms with van der Waals surface area (Å²) >= 11 is 3.46. The van der Waals surface area contributed by atoms with Crippen LogP contribution in [0.4, 0.5) is 11.4 Å². The van der Waals surface area contributed by atoms with Gasteiger partial charge in [0.25, 0.3) is 0 Å². The molecule has 3 aromatic carbocycles. The number of nitrogens with two attached hydrogens (primary N) is 1. The number of nitrogens with zero attached hydrogens (tertiary/aromatic N) is 2. The number of carbonyl (C=O) groups is 1. The Bertz CT molecular complexity index is 1390. The minimum absolute atomic E-state index is 0.0425. The predicted molar refractivity (Wildman–Crippen MR) is 139 cm³/mol. The number of aliphatic imine (C=N–C) groups is 1. The molecule has 0 spiro atoms. The Balaban J connectivity index is 1.93. The number of para-hydroxylation sites is 1. The van der Waals surface area contributed by atoms with E-state index >= 15 is 0 Å². The van der Waals surface area contributed by atoms with E-state index in [4.69, 9.17) is 10.7 Å². The van der Waals surface area contributed by atoms with Crippen molar-refractivity contribution >= 4 is 49.9 Å². The maximum Gasteiger partial charge on any atom is 0.307 e. The van der Waals surface area contributed by atoms with Gasteiger partial charge >= 0.3 is 5.97 Å². The van der Waals surface area contributed by atoms with Crippen LogP contribution in [-0.4, -0.2) is 45.9 Å². The summed E-state index contributed by atoms with van der Waals surface area (Å²) in [4.78, 5) is 21.3. The number of aromatic hydroxyl groups is 1. The van der Waals surface area contributed by atoms with E-state index < -0.39 is 5.97 Å². The molecule has 0 saturated heterocycles. The normalized spacial score (nSPS) is 11.9. The number of nitrogens with one attached hydrogen (secondary N) is 1. The number of hydrogen-bond acceptors (Lipinski definition) is 5. The van der Waals surface area contributed by atoms with E-state index in [1.165, 1.54) is 0 Å². The first-order valence-electron chi connectivity index (χ1n) is 10.7. The molecule has 0 saturated carbocycles. The average molecular weight is 521 g/mol. The molecule has 1 heterocycles. The maximum atomic E-state index is 11.4. The highest BCUT2D eigenvalue weighted by Gasteiger charge is 2.22. The molecule has 0 radical (unpaired) electrons. The van der Waals surface area contributed by atoms with Gasteiger partial charge in [-0.15, -0.1) is 0 Å². The fourth-order valence-corrected chi connectivity index (χ4v) is 4.31. The molecule has 0 atom stereocenters. The molecule has 7 nitrogen and oxygen atoms in total. The third kappa shape index (κ3) is 4.98. The number of carboxylic acids is 1. The maximum absolute atomic E-state index is 11.4. The van der Waals surface area contributed by atoms with Crippen molar-refractivity contribution < 1.29 is 15.0 Å². The second-order valence-corrected chi connectivity index (χ2v) is 9.27. The van der Waals surface area contributed by atoms with Crippen molar-refractivity contribution in [3.05, 3.63) is 87.4 Å². The van der Waals surface area contributed by atoms with Crippen LogP contribution in [0.1, 0.15) is 22.3 Å². The molecule has 8 heteroatoms. The van der Waals surface area contributed by atoms with Crippen LogP contribution >= 0.6 is 15.9 Å². The standard InChI is InChI=1S/C26H25BrN4O3/c1-31(2)14-15-6-9-18(10-7-15)29-25(20-5-3-4-16(24(20)28)12-22(32)33)23-19-11-8-17(27)13-21(19)30-26(23)34/h3-11,13,30,34H,12,14,28H2,1-2H3,(H,32,33). The van der Waals surface area contributed by atoms with Gasteiger partial charge in [0.15, 0.2) is 5.88 Å². The lowest BCUT2D eigenvalue weighted by Crippen LogP contribution is -2.11. The van der Waals surface area contributed by atoms with E-state index in [0.717, 1.165) is 27.5 Å². The summed E-state index contributed by atoms with van der Waals surface area (Å²) in [7, 11) is 4.02. The Kier molecular flexibility index (Phi) is 6.72. The van der Waals surface area contributed by atoms with Crippen molar-refractivity contribution in [2.75, 3.05) is 19.8 Å². The van der Waals surface area contributed by atoms with E-state index in [1.54, 1.807) is 18.2 Å². The number of anilines is 1. The van der Waals surface area contributed by atoms with Crippen LogP contribution in [0.2, 0.25) is 0 Å². The largest absolute Gasteiger partial charge is 0.494 e. The highest BCUT2D eigenvalue weighted by Crippen LogP contribution is 2.35. The summed E-state index contributed by atoms with van der Waals surface area (Å²) < 4.78 is 0.866. The molecule has 34 heavy (non-hydrogen) atoms. The number of fused-ring (bicyclic) bond motifs is 1. The second kappa shape index (κ2) is 9.70. The lowest BCUT2D eigenvalue weighted by Gasteiger charge is -2.14. The van der Waals surface area contributed by atoms with E-state index in [2.05, 4.69) is 25.8 Å². The van der Waals surface area contributed by atoms with Gasteiger partial charge in [-0.25, -0.2) is 4.99 Å². The van der Waals surface area contributed by atoms with E-state index in [9.17, 15) is 15.0 Å². The zero-order valence-electron chi connectivity index (χ0n) is 18.8. The molecule has 5 N–H and O–H groups in total. The van der Waals surface area contributed by atoms with Crippen LogP contribution in [0.25, 0.3) is 10.9 Å². The topological polar surface area (TPSA) is 115 Å². The highest BCUT2D eigenvalue weighted by atomic mass is 79.9. The Labute approximate surface area is 205 Å². The van der Waals surface area contributed by atoms with Gasteiger partial charge in [-0.05, 0) is 49.5 Å². The summed E-state index contributed by atoms with van der Waals surface area (Å²) in [5.41, 5.74) is 11.3. The third-order valence-corrected chi connectivity index (χ3v) is 5.94. The van der Waals surface area contributed by atoms with Crippen LogP contribution in [0, 0.1) is 0 Å². The van der Waals surface area contributed by atoms with Gasteiger partial charge in [-0.2, -0.15) is 0 Å². The Morgan fingerprint density at radius 3 is 2.53 bits per heavy atom. The first-order valence-corrected chi connectivity index (χ1v) is 11.4. The number of aromatic nitrogens is 1. The van der Waals surface area contributed by atoms with Crippen LogP contribution < -0.4 is 5.73 Å². The van der Waals surface area contributed by atoms with Crippen LogP contribution in [0.5, 0.6) is 5.88 Å². The quantitative estimate of drug-likeness (QED) is 0.200. The summed E-state index contributed by atoms with van der Waals surface area (Å²) in [6, 6.07) is 18.7. The summed E-state index contributed by atoms with van der Waals surface area (Å²) in [6.45, 7) is 0.805. The molecule has 174 valence electrons. The van der Waals surface area contributed by atoms with Crippen molar-refractivity contribution in [3.8, 4) is 5.88 Å². The number of aliphatic carboxylic acids is 1. The summed E-state index contributed by atoms with van der Waals surface area (Å²) in [6.07, 6.45) is -0.209. The van der Waals surface area contributed by atoms with Crippen LogP contribution in [0.15, 0.2) is 70.1 Å². The van der Waals surface area contributed by atoms with Crippen molar-refractivity contribution in [2.45, 2.75) is 13.0 Å². The molecule has 4 rings (SSSR count). The van der Waals surface area contributed by atoms with Gasteiger partial charge in [0.05, 0.1) is 28.9 Å². The molecule has 0 fully saturated rings. The molecule has 0 unspecified atom stereocenters.